The Balaban J connectivity index is 4.02. The Morgan fingerprint density at radius 2 is 2.00 bits per heavy atom. The molecule has 0 spiro atoms. The Bertz CT molecular complexity index is 280. The molecule has 18 heavy (non-hydrogen) atoms. The quantitative estimate of drug-likeness (QED) is 0.499. The van der Waals surface area contributed by atoms with Crippen LogP contribution in [0, 0.1) is 0 Å². The molecule has 2 amide bonds. The maximum Gasteiger partial charge on any atom is 0.236 e. The van der Waals surface area contributed by atoms with Gasteiger partial charge in [0.2, 0.25) is 11.8 Å². The lowest BCUT2D eigenvalue weighted by Gasteiger charge is -2.28. The zero-order valence-corrected chi connectivity index (χ0v) is 11.7. The fourth-order valence-electron chi connectivity index (χ4n) is 1.72. The summed E-state index contributed by atoms with van der Waals surface area (Å²) in [5.41, 5.74) is 4.66. The predicted octanol–water partition coefficient (Wildman–Crippen LogP) is -0.229. The van der Waals surface area contributed by atoms with Gasteiger partial charge in [0.15, 0.2) is 0 Å². The minimum absolute atomic E-state index is 0.0938. The van der Waals surface area contributed by atoms with Gasteiger partial charge in [0.05, 0.1) is 6.04 Å². The van der Waals surface area contributed by atoms with Crippen LogP contribution >= 0.6 is 0 Å². The smallest absolute Gasteiger partial charge is 0.236 e. The van der Waals surface area contributed by atoms with Gasteiger partial charge in [-0.05, 0) is 27.2 Å². The number of methoxy groups -OCH3 is 1. The first-order chi connectivity index (χ1) is 8.28. The summed E-state index contributed by atoms with van der Waals surface area (Å²) in [6.07, 6.45) is 0.966. The Hall–Kier alpha value is -1.14. The molecule has 0 saturated carbocycles. The number of hydrogen-bond acceptors (Lipinski definition) is 4. The summed E-state index contributed by atoms with van der Waals surface area (Å²) in [4.78, 5) is 22.6. The Morgan fingerprint density at radius 3 is 2.50 bits per heavy atom. The highest BCUT2D eigenvalue weighted by Crippen LogP contribution is 2.08. The molecule has 0 radical (unpaired) electrons. The van der Waals surface area contributed by atoms with Gasteiger partial charge in [-0.1, -0.05) is 0 Å². The van der Waals surface area contributed by atoms with Crippen LogP contribution in [0.3, 0.4) is 0 Å². The lowest BCUT2D eigenvalue weighted by Crippen LogP contribution is -2.52. The molecule has 1 unspecified atom stereocenters. The van der Waals surface area contributed by atoms with Crippen molar-refractivity contribution in [3.63, 3.8) is 0 Å². The normalized spacial score (nSPS) is 13.1. The predicted molar refractivity (Wildman–Crippen MR) is 70.0 cm³/mol. The molecule has 0 heterocycles. The van der Waals surface area contributed by atoms with E-state index in [2.05, 4.69) is 10.6 Å². The third kappa shape index (κ3) is 8.03. The Morgan fingerprint density at radius 1 is 1.39 bits per heavy atom. The van der Waals surface area contributed by atoms with Crippen molar-refractivity contribution >= 4 is 11.8 Å². The first-order valence-electron chi connectivity index (χ1n) is 6.11. The zero-order chi connectivity index (χ0) is 14.2. The number of primary amides is 1. The molecular formula is C12H25N3O3. The van der Waals surface area contributed by atoms with Crippen LogP contribution in [0.4, 0.5) is 0 Å². The number of rotatable bonds is 9. The summed E-state index contributed by atoms with van der Waals surface area (Å²) >= 11 is 0. The van der Waals surface area contributed by atoms with Gasteiger partial charge in [-0.25, -0.2) is 0 Å². The summed E-state index contributed by atoms with van der Waals surface area (Å²) in [6, 6.07) is -0.373. The monoisotopic (exact) mass is 259 g/mol. The van der Waals surface area contributed by atoms with E-state index in [0.29, 0.717) is 13.2 Å². The molecule has 0 aliphatic carbocycles. The van der Waals surface area contributed by atoms with Crippen molar-refractivity contribution in [2.75, 3.05) is 20.3 Å². The topological polar surface area (TPSA) is 93.4 Å². The van der Waals surface area contributed by atoms with E-state index in [1.165, 1.54) is 0 Å². The molecule has 0 saturated heterocycles. The lowest BCUT2D eigenvalue weighted by atomic mass is 9.99. The van der Waals surface area contributed by atoms with Gasteiger partial charge < -0.3 is 21.1 Å². The van der Waals surface area contributed by atoms with Crippen molar-refractivity contribution in [2.45, 2.75) is 45.2 Å². The number of nitrogens with two attached hydrogens (primary N) is 1. The van der Waals surface area contributed by atoms with Gasteiger partial charge in [0.1, 0.15) is 0 Å². The minimum atomic E-state index is -0.491. The Kier molecular flexibility index (Phi) is 7.54. The molecule has 0 fully saturated rings. The van der Waals surface area contributed by atoms with Gasteiger partial charge in [-0.2, -0.15) is 0 Å². The molecule has 0 aliphatic heterocycles. The van der Waals surface area contributed by atoms with E-state index in [4.69, 9.17) is 10.5 Å². The second-order valence-corrected chi connectivity index (χ2v) is 5.03. The third-order valence-corrected chi connectivity index (χ3v) is 2.44. The molecule has 4 N–H and O–H groups in total. The third-order valence-electron chi connectivity index (χ3n) is 2.44. The van der Waals surface area contributed by atoms with E-state index >= 15 is 0 Å². The summed E-state index contributed by atoms with van der Waals surface area (Å²) < 4.78 is 4.89. The largest absolute Gasteiger partial charge is 0.385 e. The van der Waals surface area contributed by atoms with Gasteiger partial charge in [0.25, 0.3) is 0 Å². The minimum Gasteiger partial charge on any atom is -0.385 e. The van der Waals surface area contributed by atoms with Crippen LogP contribution in [-0.2, 0) is 14.3 Å². The summed E-state index contributed by atoms with van der Waals surface area (Å²) in [7, 11) is 1.62. The molecule has 6 nitrogen and oxygen atoms in total. The standard InChI is InChI=1S/C12H25N3O3/c1-9(11(17)14-6-5-7-18-4)15-12(2,3)8-10(13)16/h9,15H,5-8H2,1-4H3,(H2,13,16)(H,14,17). The van der Waals surface area contributed by atoms with Gasteiger partial charge in [-0.15, -0.1) is 0 Å². The fourth-order valence-corrected chi connectivity index (χ4v) is 1.72. The Labute approximate surface area is 109 Å². The van der Waals surface area contributed by atoms with E-state index in [9.17, 15) is 9.59 Å². The molecule has 0 aromatic heterocycles. The lowest BCUT2D eigenvalue weighted by molar-refractivity contribution is -0.124. The van der Waals surface area contributed by atoms with Crippen LogP contribution < -0.4 is 16.4 Å². The molecule has 6 heteroatoms. The number of hydrogen-bond donors (Lipinski definition) is 3. The van der Waals surface area contributed by atoms with Crippen LogP contribution in [0.1, 0.15) is 33.6 Å². The first kappa shape index (κ1) is 16.9. The van der Waals surface area contributed by atoms with E-state index in [1.54, 1.807) is 14.0 Å². The van der Waals surface area contributed by atoms with Crippen molar-refractivity contribution in [1.82, 2.24) is 10.6 Å². The van der Waals surface area contributed by atoms with Gasteiger partial charge in [-0.3, -0.25) is 9.59 Å². The molecule has 1 atom stereocenters. The SMILES string of the molecule is COCCCNC(=O)C(C)NC(C)(C)CC(N)=O. The molecular weight excluding hydrogens is 234 g/mol. The fraction of sp³-hybridized carbons (Fsp3) is 0.833. The second-order valence-electron chi connectivity index (χ2n) is 5.03. The number of carbonyl (C=O) groups is 2. The van der Waals surface area contributed by atoms with Crippen LogP contribution in [0.2, 0.25) is 0 Å². The van der Waals surface area contributed by atoms with E-state index in [-0.39, 0.29) is 24.3 Å². The molecule has 0 rings (SSSR count). The molecule has 0 aromatic carbocycles. The van der Waals surface area contributed by atoms with E-state index < -0.39 is 5.54 Å². The molecule has 0 bridgehead atoms. The zero-order valence-electron chi connectivity index (χ0n) is 11.7. The van der Waals surface area contributed by atoms with Crippen molar-refractivity contribution in [2.24, 2.45) is 5.73 Å². The van der Waals surface area contributed by atoms with E-state index in [0.717, 1.165) is 6.42 Å². The average molecular weight is 259 g/mol. The number of amides is 2. The van der Waals surface area contributed by atoms with Gasteiger partial charge >= 0.3 is 0 Å². The highest BCUT2D eigenvalue weighted by Gasteiger charge is 2.25. The summed E-state index contributed by atoms with van der Waals surface area (Å²) in [5, 5.41) is 5.88. The van der Waals surface area contributed by atoms with Crippen LogP contribution in [0.25, 0.3) is 0 Å². The van der Waals surface area contributed by atoms with Crippen molar-refractivity contribution in [3.8, 4) is 0 Å². The molecule has 106 valence electrons. The first-order valence-corrected chi connectivity index (χ1v) is 6.11. The van der Waals surface area contributed by atoms with Crippen molar-refractivity contribution in [1.29, 1.82) is 0 Å². The van der Waals surface area contributed by atoms with Gasteiger partial charge in [0, 0.05) is 32.2 Å². The maximum absolute atomic E-state index is 11.7. The summed E-state index contributed by atoms with van der Waals surface area (Å²) in [5.74, 6) is -0.483. The number of nitrogens with one attached hydrogen (secondary N) is 2. The van der Waals surface area contributed by atoms with Crippen LogP contribution in [0.5, 0.6) is 0 Å². The molecule has 0 aliphatic rings. The maximum atomic E-state index is 11.7. The van der Waals surface area contributed by atoms with Crippen LogP contribution in [-0.4, -0.2) is 43.7 Å². The van der Waals surface area contributed by atoms with Crippen LogP contribution in [0.15, 0.2) is 0 Å². The highest BCUT2D eigenvalue weighted by molar-refractivity contribution is 5.81. The summed E-state index contributed by atoms with van der Waals surface area (Å²) in [6.45, 7) is 6.64. The number of ether oxygens (including phenoxy) is 1. The average Bonchev–Trinajstić information content (AvgIpc) is 2.21. The second kappa shape index (κ2) is 8.05. The highest BCUT2D eigenvalue weighted by atomic mass is 16.5. The van der Waals surface area contributed by atoms with Crippen molar-refractivity contribution < 1.29 is 14.3 Å². The molecule has 0 aromatic rings. The number of carbonyl (C=O) groups excluding carboxylic acids is 2. The van der Waals surface area contributed by atoms with Crippen molar-refractivity contribution in [3.05, 3.63) is 0 Å². The van der Waals surface area contributed by atoms with E-state index in [1.807, 2.05) is 13.8 Å².